The summed E-state index contributed by atoms with van der Waals surface area (Å²) in [4.78, 5) is 9.35. The summed E-state index contributed by atoms with van der Waals surface area (Å²) in [5.41, 5.74) is 30.8. The van der Waals surface area contributed by atoms with E-state index in [4.69, 9.17) is 0 Å². The Balaban J connectivity index is 0.000000108. The van der Waals surface area contributed by atoms with Crippen LogP contribution >= 0.6 is 0 Å². The van der Waals surface area contributed by atoms with Gasteiger partial charge in [0.05, 0.1) is 5.69 Å². The minimum absolute atomic E-state index is 1.11. The molecule has 0 aliphatic carbocycles. The molecule has 27 aromatic carbocycles. The highest BCUT2D eigenvalue weighted by Crippen LogP contribution is 2.47. The fraction of sp³-hybridized carbons (Fsp3) is 0. The highest BCUT2D eigenvalue weighted by molar-refractivity contribution is 6.10. The van der Waals surface area contributed by atoms with Crippen molar-refractivity contribution in [2.24, 2.45) is 0 Å². The normalized spacial score (nSPS) is 11.1. The molecule has 27 aromatic rings. The monoisotopic (exact) mass is 1910 g/mol. The van der Waals surface area contributed by atoms with Crippen molar-refractivity contribution in [3.05, 3.63) is 631 Å². The Labute approximate surface area is 876 Å². The van der Waals surface area contributed by atoms with Gasteiger partial charge in [0.2, 0.25) is 0 Å². The quantitative estimate of drug-likeness (QED) is 0.0748. The Morgan fingerprint density at radius 1 is 0.0867 bits per heavy atom. The van der Waals surface area contributed by atoms with Gasteiger partial charge in [0.25, 0.3) is 0 Å². The first-order valence-electron chi connectivity index (χ1n) is 51.4. The molecule has 0 amide bonds. The summed E-state index contributed by atoms with van der Waals surface area (Å²) in [7, 11) is 0. The van der Waals surface area contributed by atoms with Gasteiger partial charge in [-0.2, -0.15) is 0 Å². The van der Waals surface area contributed by atoms with Crippen LogP contribution in [0.5, 0.6) is 0 Å². The Bertz CT molecular complexity index is 9060. The lowest BCUT2D eigenvalue weighted by Crippen LogP contribution is -2.10. The predicted molar refractivity (Wildman–Crippen MR) is 643 cm³/mol. The third-order valence-electron chi connectivity index (χ3n) is 28.6. The van der Waals surface area contributed by atoms with E-state index in [9.17, 15) is 0 Å². The van der Waals surface area contributed by atoms with Crippen molar-refractivity contribution in [2.75, 3.05) is 19.6 Å². The van der Waals surface area contributed by atoms with E-state index in [0.29, 0.717) is 0 Å². The van der Waals surface area contributed by atoms with E-state index >= 15 is 0 Å². The maximum atomic E-state index is 2.36. The second kappa shape index (κ2) is 43.0. The number of hydrogen-bond acceptors (Lipinski definition) is 4. The fourth-order valence-corrected chi connectivity index (χ4v) is 21.2. The molecular weight excluding hydrogens is 1810 g/mol. The number of hydrogen-bond donors (Lipinski definition) is 0. The number of nitrogens with zero attached hydrogens (tertiary/aromatic N) is 4. The van der Waals surface area contributed by atoms with Gasteiger partial charge < -0.3 is 19.6 Å². The summed E-state index contributed by atoms with van der Waals surface area (Å²) in [6.07, 6.45) is 0. The molecular formula is C146H104N4. The lowest BCUT2D eigenvalue weighted by Gasteiger charge is -2.27. The predicted octanol–water partition coefficient (Wildman–Crippen LogP) is 41.5. The van der Waals surface area contributed by atoms with Crippen LogP contribution in [-0.2, 0) is 0 Å². The van der Waals surface area contributed by atoms with Crippen molar-refractivity contribution in [1.29, 1.82) is 0 Å². The van der Waals surface area contributed by atoms with E-state index in [2.05, 4.69) is 651 Å². The third-order valence-corrected chi connectivity index (χ3v) is 28.6. The molecule has 4 heteroatoms. The fourth-order valence-electron chi connectivity index (χ4n) is 21.2. The van der Waals surface area contributed by atoms with Crippen LogP contribution in [-0.4, -0.2) is 0 Å². The molecule has 27 rings (SSSR count). The molecule has 150 heavy (non-hydrogen) atoms. The highest BCUT2D eigenvalue weighted by atomic mass is 15.2. The maximum Gasteiger partial charge on any atom is 0.0540 e. The van der Waals surface area contributed by atoms with Crippen LogP contribution in [0.1, 0.15) is 0 Å². The lowest BCUT2D eigenvalue weighted by molar-refractivity contribution is 1.28. The Morgan fingerprint density at radius 3 is 0.627 bits per heavy atom. The van der Waals surface area contributed by atoms with Gasteiger partial charge in [0, 0.05) is 67.9 Å². The zero-order chi connectivity index (χ0) is 100. The Hall–Kier alpha value is -19.8. The van der Waals surface area contributed by atoms with Crippen molar-refractivity contribution >= 4 is 154 Å². The van der Waals surface area contributed by atoms with Crippen molar-refractivity contribution < 1.29 is 0 Å². The molecule has 0 saturated carbocycles. The van der Waals surface area contributed by atoms with Gasteiger partial charge in [-0.1, -0.05) is 491 Å². The molecule has 0 radical (unpaired) electrons. The van der Waals surface area contributed by atoms with Crippen LogP contribution in [0.25, 0.3) is 164 Å². The van der Waals surface area contributed by atoms with Crippen molar-refractivity contribution in [2.45, 2.75) is 0 Å². The van der Waals surface area contributed by atoms with Crippen molar-refractivity contribution in [3.8, 4) is 77.9 Å². The molecule has 0 N–H and O–H groups in total. The zero-order valence-corrected chi connectivity index (χ0v) is 82.8. The minimum atomic E-state index is 1.11. The van der Waals surface area contributed by atoms with E-state index in [-0.39, 0.29) is 0 Å². The van der Waals surface area contributed by atoms with Crippen LogP contribution in [0.3, 0.4) is 0 Å². The number of rotatable bonds is 19. The molecule has 0 aromatic heterocycles. The largest absolute Gasteiger partial charge is 0.311 e. The van der Waals surface area contributed by atoms with Gasteiger partial charge >= 0.3 is 0 Å². The number of anilines is 12. The number of benzene rings is 27. The maximum absolute atomic E-state index is 2.36. The van der Waals surface area contributed by atoms with Gasteiger partial charge in [-0.15, -0.1) is 0 Å². The van der Waals surface area contributed by atoms with Crippen LogP contribution in [0.2, 0.25) is 0 Å². The van der Waals surface area contributed by atoms with Gasteiger partial charge in [0.1, 0.15) is 0 Å². The highest BCUT2D eigenvalue weighted by Gasteiger charge is 2.22. The third kappa shape index (κ3) is 19.7. The van der Waals surface area contributed by atoms with Gasteiger partial charge in [-0.25, -0.2) is 0 Å². The molecule has 708 valence electrons. The summed E-state index contributed by atoms with van der Waals surface area (Å²) >= 11 is 0. The summed E-state index contributed by atoms with van der Waals surface area (Å²) in [5.74, 6) is 0. The van der Waals surface area contributed by atoms with E-state index in [0.717, 1.165) is 62.6 Å². The van der Waals surface area contributed by atoms with Crippen molar-refractivity contribution in [3.63, 3.8) is 0 Å². The Kier molecular flexibility index (Phi) is 26.6. The first-order valence-corrected chi connectivity index (χ1v) is 51.4. The molecule has 0 spiro atoms. The van der Waals surface area contributed by atoms with Crippen LogP contribution in [0.4, 0.5) is 68.2 Å². The van der Waals surface area contributed by atoms with Gasteiger partial charge in [-0.3, -0.25) is 0 Å². The summed E-state index contributed by atoms with van der Waals surface area (Å²) < 4.78 is 0. The van der Waals surface area contributed by atoms with Gasteiger partial charge in [0.15, 0.2) is 0 Å². The average molecular weight is 1910 g/mol. The minimum Gasteiger partial charge on any atom is -0.311 e. The molecule has 0 saturated heterocycles. The van der Waals surface area contributed by atoms with E-state index in [1.807, 2.05) is 0 Å². The zero-order valence-electron chi connectivity index (χ0n) is 82.8. The van der Waals surface area contributed by atoms with Gasteiger partial charge in [-0.05, 0) is 298 Å². The molecule has 4 nitrogen and oxygen atoms in total. The lowest BCUT2D eigenvalue weighted by atomic mass is 9.97. The topological polar surface area (TPSA) is 13.0 Å². The SMILES string of the molecule is c1ccc(-c2ccc(N(c3ccc4ccccc4c3)c3ccc4c(ccc5ccccc54)c3)cc2)cc1.c1ccc(-c2ccc(N(c3ccccc3)c3ccc(-c4cccc5ccccc45)cc3)cc2)cc1.c1ccc(-c2ccc(N(c3ccccc3)c3cccc4ccccc34)cc2)cc1.c1ccc2c(-c3ccc(N(c4ccc(-c5cccc6ccccc56)cc4)c4ccc(-c5cccc6ccccc56)cc4)cc3)cccc2c1. The van der Waals surface area contributed by atoms with E-state index < -0.39 is 0 Å². The molecule has 0 atom stereocenters. The first-order chi connectivity index (χ1) is 74.4. The van der Waals surface area contributed by atoms with E-state index in [1.165, 1.54) is 170 Å². The van der Waals surface area contributed by atoms with Crippen LogP contribution in [0, 0.1) is 0 Å². The molecule has 0 heterocycles. The number of fused-ring (bicyclic) bond motifs is 9. The Morgan fingerprint density at radius 2 is 0.280 bits per heavy atom. The molecule has 0 bridgehead atoms. The van der Waals surface area contributed by atoms with E-state index in [1.54, 1.807) is 0 Å². The summed E-state index contributed by atoms with van der Waals surface area (Å²) in [5, 5.41) is 20.1. The smallest absolute Gasteiger partial charge is 0.0540 e. The summed E-state index contributed by atoms with van der Waals surface area (Å²) in [6.45, 7) is 0. The average Bonchev–Trinajstić information content (AvgIpc) is 0.799. The van der Waals surface area contributed by atoms with Crippen LogP contribution < -0.4 is 19.6 Å². The molecule has 0 aliphatic heterocycles. The second-order valence-corrected chi connectivity index (χ2v) is 37.8. The first kappa shape index (κ1) is 92.6. The van der Waals surface area contributed by atoms with Crippen LogP contribution in [0.15, 0.2) is 631 Å². The molecule has 0 fully saturated rings. The molecule has 0 aliphatic rings. The van der Waals surface area contributed by atoms with Crippen molar-refractivity contribution in [1.82, 2.24) is 0 Å². The number of para-hydroxylation sites is 2. The standard InChI is InChI=1S/C48H33N.C36H25N.C34H25N.C28H21N/c1-4-16-43-34(10-1)13-7-19-46(43)37-22-28-40(29-23-37)49(41-30-24-38(25-31-41)47-20-8-14-35-11-2-5-17-44(35)47)42-32-26-39(27-33-42)48-21-9-15-36-12-3-6-18-45(36)48;1-2-8-26(9-3-1)28-16-19-32(20-17-28)37(33-21-18-27-10-4-5-12-30(27)24-33)34-22-23-36-31(25-34)15-14-29-11-6-7-13-35(29)36;1-3-10-26(11-4-1)27-18-22-31(23-19-27)35(30-14-5-2-6-15-30)32-24-20-29(21-25-32)34-17-9-13-28-12-7-8-16-33(28)34;1-3-10-22(11-4-1)23-18-20-26(21-19-23)29(25-14-5-2-6-15-25)28-17-9-13-24-12-7-8-16-27(24)28/h1-33H;1-25H;1-25H;1-21H. The summed E-state index contributed by atoms with van der Waals surface area (Å²) in [6, 6.07) is 226. The second-order valence-electron chi connectivity index (χ2n) is 37.8. The molecule has 0 unspecified atom stereocenters.